The Hall–Kier alpha value is -1.64. The van der Waals surface area contributed by atoms with Crippen LogP contribution in [0.5, 0.6) is 0 Å². The first-order chi connectivity index (χ1) is 23.1. The van der Waals surface area contributed by atoms with E-state index in [9.17, 15) is 0 Å². The molecule has 0 saturated carbocycles. The molecule has 244 valence electrons. The second kappa shape index (κ2) is 23.0. The van der Waals surface area contributed by atoms with Gasteiger partial charge in [0.15, 0.2) is 0 Å². The molecule has 6 rings (SSSR count). The fraction of sp³-hybridized carbons (Fsp3) is 0. The first-order valence-electron chi connectivity index (χ1n) is 13.7. The second-order valence-electron chi connectivity index (χ2n) is 9.15. The van der Waals surface area contributed by atoms with Crippen LogP contribution in [-0.4, -0.2) is 19.9 Å². The van der Waals surface area contributed by atoms with Gasteiger partial charge in [0, 0.05) is 85.4 Å². The summed E-state index contributed by atoms with van der Waals surface area (Å²) in [4.78, 5) is 15.8. The van der Waals surface area contributed by atoms with Crippen molar-refractivity contribution in [2.75, 3.05) is 0 Å². The minimum absolute atomic E-state index is 1.04. The summed E-state index contributed by atoms with van der Waals surface area (Å²) in [7, 11) is 0. The number of halogens is 8. The van der Waals surface area contributed by atoms with E-state index in [2.05, 4.69) is 172 Å². The summed E-state index contributed by atoms with van der Waals surface area (Å²) in [6.07, 6.45) is 22.5. The third-order valence-corrected chi connectivity index (χ3v) is 13.1. The molecule has 0 saturated heterocycles. The smallest absolute Gasteiger partial charge is 0.0329 e. The maximum Gasteiger partial charge on any atom is 0.0329 e. The van der Waals surface area contributed by atoms with Gasteiger partial charge in [-0.1, -0.05) is 24.3 Å². The lowest BCUT2D eigenvalue weighted by Crippen LogP contribution is -1.74. The fourth-order valence-corrected chi connectivity index (χ4v) is 7.26. The first kappa shape index (κ1) is 40.8. The predicted molar refractivity (Wildman–Crippen MR) is 229 cm³/mol. The number of benzene rings is 2. The monoisotopic (exact) mass is 1140 g/mol. The van der Waals surface area contributed by atoms with E-state index in [0.29, 0.717) is 0 Å². The van der Waals surface area contributed by atoms with Crippen LogP contribution in [-0.2, 0) is 0 Å². The quantitative estimate of drug-likeness (QED) is 0.165. The van der Waals surface area contributed by atoms with E-state index in [1.807, 2.05) is 72.8 Å². The molecule has 4 aromatic heterocycles. The molecular weight excluding hydrogens is 1130 g/mol. The van der Waals surface area contributed by atoms with Gasteiger partial charge in [0.25, 0.3) is 0 Å². The van der Waals surface area contributed by atoms with Gasteiger partial charge in [-0.15, -0.1) is 0 Å². The molecule has 6 aromatic rings. The first-order valence-corrected chi connectivity index (χ1v) is 20.0. The van der Waals surface area contributed by atoms with Crippen LogP contribution in [0.3, 0.4) is 0 Å². The zero-order chi connectivity index (χ0) is 34.7. The predicted octanol–water partition coefficient (Wildman–Crippen LogP) is 14.8. The number of nitrogens with zero attached hydrogens (tertiary/aromatic N) is 4. The van der Waals surface area contributed by atoms with Gasteiger partial charge < -0.3 is 0 Å². The summed E-state index contributed by atoms with van der Waals surface area (Å²) < 4.78 is 8.35. The highest BCUT2D eigenvalue weighted by molar-refractivity contribution is 9.14. The van der Waals surface area contributed by atoms with Crippen LogP contribution in [0, 0.1) is 0 Å². The molecule has 0 aliphatic heterocycles. The van der Waals surface area contributed by atoms with Crippen molar-refractivity contribution in [2.45, 2.75) is 0 Å². The minimum Gasteiger partial charge on any atom is -0.265 e. The Labute approximate surface area is 348 Å². The Morgan fingerprint density at radius 2 is 0.417 bits per heavy atom. The summed E-state index contributed by atoms with van der Waals surface area (Å²) in [5, 5.41) is 0. The maximum absolute atomic E-state index is 3.96. The van der Waals surface area contributed by atoms with E-state index >= 15 is 0 Å². The van der Waals surface area contributed by atoms with Crippen LogP contribution in [0.2, 0.25) is 0 Å². The summed E-state index contributed by atoms with van der Waals surface area (Å²) in [6, 6.07) is 23.7. The fourth-order valence-electron chi connectivity index (χ4n) is 3.28. The van der Waals surface area contributed by atoms with Crippen molar-refractivity contribution in [3.63, 3.8) is 0 Å². The van der Waals surface area contributed by atoms with E-state index in [1.165, 1.54) is 0 Å². The largest absolute Gasteiger partial charge is 0.265 e. The lowest BCUT2D eigenvalue weighted by Gasteiger charge is -1.98. The van der Waals surface area contributed by atoms with Crippen LogP contribution in [0.25, 0.3) is 24.3 Å². The second-order valence-corrected chi connectivity index (χ2v) is 16.0. The molecule has 0 aliphatic carbocycles. The topological polar surface area (TPSA) is 51.6 Å². The molecule has 0 bridgehead atoms. The normalized spacial score (nSPS) is 10.3. The van der Waals surface area contributed by atoms with Gasteiger partial charge in [-0.05, 0) is 222 Å². The Balaban J connectivity index is 0.000000176. The van der Waals surface area contributed by atoms with Crippen molar-refractivity contribution < 1.29 is 0 Å². The Bertz CT molecular complexity index is 1570. The lowest BCUT2D eigenvalue weighted by molar-refractivity contribution is 1.32. The number of rotatable bonds is 4. The van der Waals surface area contributed by atoms with Gasteiger partial charge in [0.2, 0.25) is 0 Å². The number of pyridine rings is 4. The van der Waals surface area contributed by atoms with Gasteiger partial charge in [0.05, 0.1) is 0 Å². The zero-order valence-electron chi connectivity index (χ0n) is 24.7. The van der Waals surface area contributed by atoms with E-state index in [4.69, 9.17) is 0 Å². The van der Waals surface area contributed by atoms with Crippen LogP contribution >= 0.6 is 127 Å². The standard InChI is InChI=1S/2C12H10N2.2C6H2Br4/c2*1(11-3-7-13-8-4-11)2-12-5-9-14-10-6-12;2*7-3-1-4(8)6(10)2-5(3)9/h2*1-10H;2*1-2H/b2*2-1+;;. The Morgan fingerprint density at radius 1 is 0.271 bits per heavy atom. The SMILES string of the molecule is Brc1cc(Br)c(Br)cc1Br.Brc1cc(Br)c(Br)cc1Br.C(=C\c1ccncc1)/c1ccncc1.C(=C\c1ccncc1)/c1ccncc1. The molecule has 0 N–H and O–H groups in total. The molecular formula is C36H24Br8N4. The zero-order valence-corrected chi connectivity index (χ0v) is 37.4. The number of hydrogen-bond donors (Lipinski definition) is 0. The molecule has 0 amide bonds. The third-order valence-electron chi connectivity index (χ3n) is 5.69. The molecule has 0 spiro atoms. The molecule has 12 heteroatoms. The van der Waals surface area contributed by atoms with Crippen LogP contribution in [0.1, 0.15) is 22.3 Å². The van der Waals surface area contributed by atoms with Gasteiger partial charge in [0.1, 0.15) is 0 Å². The average Bonchev–Trinajstić information content (AvgIpc) is 3.11. The molecule has 2 aromatic carbocycles. The number of aromatic nitrogens is 4. The van der Waals surface area contributed by atoms with Crippen LogP contribution < -0.4 is 0 Å². The van der Waals surface area contributed by atoms with E-state index < -0.39 is 0 Å². The highest BCUT2D eigenvalue weighted by Crippen LogP contribution is 2.33. The van der Waals surface area contributed by atoms with Crippen molar-refractivity contribution in [2.24, 2.45) is 0 Å². The average molecular weight is 1150 g/mol. The molecule has 0 atom stereocenters. The van der Waals surface area contributed by atoms with E-state index in [0.717, 1.165) is 58.0 Å². The summed E-state index contributed by atoms with van der Waals surface area (Å²) in [5.74, 6) is 0. The Kier molecular flexibility index (Phi) is 19.5. The molecule has 4 heterocycles. The van der Waals surface area contributed by atoms with Gasteiger partial charge in [-0.2, -0.15) is 0 Å². The van der Waals surface area contributed by atoms with Gasteiger partial charge in [-0.25, -0.2) is 0 Å². The van der Waals surface area contributed by atoms with Crippen molar-refractivity contribution in [3.05, 3.63) is 180 Å². The summed E-state index contributed by atoms with van der Waals surface area (Å²) in [6.45, 7) is 0. The van der Waals surface area contributed by atoms with Crippen molar-refractivity contribution in [1.82, 2.24) is 19.9 Å². The van der Waals surface area contributed by atoms with E-state index in [-0.39, 0.29) is 0 Å². The molecule has 4 nitrogen and oxygen atoms in total. The van der Waals surface area contributed by atoms with Crippen molar-refractivity contribution in [1.29, 1.82) is 0 Å². The van der Waals surface area contributed by atoms with E-state index in [1.54, 1.807) is 49.6 Å². The minimum atomic E-state index is 1.04. The molecule has 0 radical (unpaired) electrons. The molecule has 0 fully saturated rings. The van der Waals surface area contributed by atoms with Crippen molar-refractivity contribution in [3.8, 4) is 0 Å². The highest BCUT2D eigenvalue weighted by Gasteiger charge is 2.01. The number of hydrogen-bond acceptors (Lipinski definition) is 4. The van der Waals surface area contributed by atoms with Gasteiger partial charge >= 0.3 is 0 Å². The van der Waals surface area contributed by atoms with Gasteiger partial charge in [-0.3, -0.25) is 19.9 Å². The molecule has 48 heavy (non-hydrogen) atoms. The lowest BCUT2D eigenvalue weighted by atomic mass is 10.2. The Morgan fingerprint density at radius 3 is 0.562 bits per heavy atom. The molecule has 0 unspecified atom stereocenters. The third kappa shape index (κ3) is 15.9. The van der Waals surface area contributed by atoms with Crippen molar-refractivity contribution >= 4 is 152 Å². The summed E-state index contributed by atoms with van der Waals surface area (Å²) >= 11 is 27.1. The maximum atomic E-state index is 3.96. The summed E-state index contributed by atoms with van der Waals surface area (Å²) in [5.41, 5.74) is 4.60. The van der Waals surface area contributed by atoms with Crippen LogP contribution in [0.15, 0.2) is 158 Å². The molecule has 0 aliphatic rings. The van der Waals surface area contributed by atoms with Crippen LogP contribution in [0.4, 0.5) is 0 Å². The highest BCUT2D eigenvalue weighted by atomic mass is 79.9.